The van der Waals surface area contributed by atoms with Gasteiger partial charge in [0.25, 0.3) is 10.0 Å². The van der Waals surface area contributed by atoms with Crippen LogP contribution in [-0.4, -0.2) is 40.8 Å². The lowest BCUT2D eigenvalue weighted by Crippen LogP contribution is -2.28. The fourth-order valence-corrected chi connectivity index (χ4v) is 5.94. The van der Waals surface area contributed by atoms with Gasteiger partial charge in [-0.3, -0.25) is 0 Å². The minimum absolute atomic E-state index is 0.0929. The Labute approximate surface area is 140 Å². The molecule has 0 radical (unpaired) electrons. The summed E-state index contributed by atoms with van der Waals surface area (Å²) in [7, 11) is -3.38. The van der Waals surface area contributed by atoms with Gasteiger partial charge in [-0.15, -0.1) is 16.4 Å². The van der Waals surface area contributed by atoms with E-state index in [0.717, 1.165) is 23.4 Å². The topological polar surface area (TPSA) is 68.1 Å². The van der Waals surface area contributed by atoms with Crippen LogP contribution in [0.3, 0.4) is 0 Å². The molecule has 8 heteroatoms. The summed E-state index contributed by atoms with van der Waals surface area (Å²) in [5.74, 6) is 0.573. The molecule has 3 heterocycles. The molecule has 2 fully saturated rings. The lowest BCUT2D eigenvalue weighted by molar-refractivity contribution is 0.429. The fraction of sp³-hybridized carbons (Fsp3) is 0.600. The predicted octanol–water partition coefficient (Wildman–Crippen LogP) is 2.42. The number of nitrogens with zero attached hydrogens (tertiary/aromatic N) is 4. The second-order valence-corrected chi connectivity index (χ2v) is 9.61. The van der Waals surface area contributed by atoms with Crippen LogP contribution in [0.4, 0.5) is 0 Å². The van der Waals surface area contributed by atoms with Crippen molar-refractivity contribution in [1.29, 1.82) is 0 Å². The van der Waals surface area contributed by atoms with E-state index in [4.69, 9.17) is 0 Å². The van der Waals surface area contributed by atoms with Crippen molar-refractivity contribution in [2.45, 2.75) is 48.8 Å². The number of aryl methyl sites for hydroxylation is 1. The van der Waals surface area contributed by atoms with Crippen LogP contribution < -0.4 is 0 Å². The molecule has 1 aliphatic carbocycles. The number of hydrogen-bond donors (Lipinski definition) is 0. The van der Waals surface area contributed by atoms with Crippen molar-refractivity contribution in [2.75, 3.05) is 13.1 Å². The molecule has 1 aliphatic heterocycles. The molecule has 0 N–H and O–H groups in total. The van der Waals surface area contributed by atoms with Crippen molar-refractivity contribution in [1.82, 2.24) is 19.3 Å². The van der Waals surface area contributed by atoms with Gasteiger partial charge in [-0.05, 0) is 37.8 Å². The summed E-state index contributed by atoms with van der Waals surface area (Å²) in [6, 6.07) is 3.73. The molecule has 0 amide bonds. The fourth-order valence-electron chi connectivity index (χ4n) is 2.99. The molecule has 2 aromatic rings. The van der Waals surface area contributed by atoms with E-state index < -0.39 is 10.0 Å². The Bertz CT molecular complexity index is 807. The molecule has 1 saturated carbocycles. The van der Waals surface area contributed by atoms with Crippen LogP contribution in [0.2, 0.25) is 0 Å². The van der Waals surface area contributed by atoms with Gasteiger partial charge in [0.15, 0.2) is 0 Å². The molecule has 1 saturated heterocycles. The minimum Gasteiger partial charge on any atom is -0.248 e. The summed E-state index contributed by atoms with van der Waals surface area (Å²) in [6.07, 6.45) is 6.05. The second kappa shape index (κ2) is 5.68. The molecular formula is C15H20N4O2S2. The Balaban J connectivity index is 1.50. The monoisotopic (exact) mass is 352 g/mol. The zero-order valence-electron chi connectivity index (χ0n) is 13.1. The van der Waals surface area contributed by atoms with E-state index in [9.17, 15) is 8.42 Å². The van der Waals surface area contributed by atoms with Crippen molar-refractivity contribution < 1.29 is 8.42 Å². The average Bonchev–Trinajstić information content (AvgIpc) is 3.04. The Kier molecular flexibility index (Phi) is 3.78. The third-order valence-electron chi connectivity index (χ3n) is 4.60. The maximum atomic E-state index is 12.8. The highest BCUT2D eigenvalue weighted by Crippen LogP contribution is 2.39. The Morgan fingerprint density at radius 1 is 1.30 bits per heavy atom. The summed E-state index contributed by atoms with van der Waals surface area (Å²) >= 11 is 1.38. The normalized spacial score (nSPS) is 22.7. The average molecular weight is 352 g/mol. The lowest BCUT2D eigenvalue weighted by Gasteiger charge is -2.15. The SMILES string of the molecule is CCc1ccc(S(=O)(=O)N2CCC(n3cc(C4CC4)nn3)C2)s1. The molecule has 2 aromatic heterocycles. The molecule has 0 aromatic carbocycles. The van der Waals surface area contributed by atoms with E-state index >= 15 is 0 Å². The van der Waals surface area contributed by atoms with E-state index in [1.54, 1.807) is 10.4 Å². The zero-order valence-corrected chi connectivity index (χ0v) is 14.7. The highest BCUT2D eigenvalue weighted by atomic mass is 32.2. The van der Waals surface area contributed by atoms with Gasteiger partial charge in [0, 0.05) is 30.1 Å². The highest BCUT2D eigenvalue weighted by Gasteiger charge is 2.35. The number of hydrogen-bond acceptors (Lipinski definition) is 5. The number of sulfonamides is 1. The van der Waals surface area contributed by atoms with Crippen LogP contribution in [-0.2, 0) is 16.4 Å². The maximum absolute atomic E-state index is 12.8. The van der Waals surface area contributed by atoms with Gasteiger partial charge in [-0.1, -0.05) is 12.1 Å². The summed E-state index contributed by atoms with van der Waals surface area (Å²) in [4.78, 5) is 1.10. The first-order valence-electron chi connectivity index (χ1n) is 8.08. The van der Waals surface area contributed by atoms with E-state index in [1.165, 1.54) is 24.2 Å². The van der Waals surface area contributed by atoms with Crippen LogP contribution in [0, 0.1) is 0 Å². The standard InChI is InChI=1S/C15H20N4O2S2/c1-2-13-5-6-15(22-13)23(20,21)18-8-7-12(9-18)19-10-14(16-17-19)11-3-4-11/h5-6,10-12H,2-4,7-9H2,1H3. The summed E-state index contributed by atoms with van der Waals surface area (Å²) in [6.45, 7) is 3.07. The molecule has 0 bridgehead atoms. The van der Waals surface area contributed by atoms with E-state index in [0.29, 0.717) is 23.2 Å². The first-order valence-corrected chi connectivity index (χ1v) is 10.3. The third-order valence-corrected chi connectivity index (χ3v) is 8.17. The molecule has 1 atom stereocenters. The molecule has 2 aliphatic rings. The quantitative estimate of drug-likeness (QED) is 0.829. The highest BCUT2D eigenvalue weighted by molar-refractivity contribution is 7.91. The van der Waals surface area contributed by atoms with E-state index in [1.807, 2.05) is 23.9 Å². The minimum atomic E-state index is -3.38. The van der Waals surface area contributed by atoms with Gasteiger partial charge >= 0.3 is 0 Å². The van der Waals surface area contributed by atoms with Crippen molar-refractivity contribution >= 4 is 21.4 Å². The Hall–Kier alpha value is -1.25. The van der Waals surface area contributed by atoms with Crippen molar-refractivity contribution in [3.05, 3.63) is 28.9 Å². The smallest absolute Gasteiger partial charge is 0.248 e. The van der Waals surface area contributed by atoms with Gasteiger partial charge in [-0.25, -0.2) is 13.1 Å². The molecule has 6 nitrogen and oxygen atoms in total. The largest absolute Gasteiger partial charge is 0.252 e. The number of rotatable bonds is 5. The summed E-state index contributed by atoms with van der Waals surface area (Å²) in [5, 5.41) is 8.44. The van der Waals surface area contributed by atoms with E-state index in [2.05, 4.69) is 10.3 Å². The number of aromatic nitrogens is 3. The zero-order chi connectivity index (χ0) is 16.0. The molecule has 4 rings (SSSR count). The van der Waals surface area contributed by atoms with Gasteiger partial charge in [-0.2, -0.15) is 4.31 Å². The van der Waals surface area contributed by atoms with Crippen LogP contribution in [0.15, 0.2) is 22.5 Å². The van der Waals surface area contributed by atoms with Gasteiger partial charge in [0.05, 0.1) is 11.7 Å². The second-order valence-electron chi connectivity index (χ2n) is 6.28. The first-order chi connectivity index (χ1) is 11.1. The van der Waals surface area contributed by atoms with Gasteiger partial charge in [0.2, 0.25) is 0 Å². The maximum Gasteiger partial charge on any atom is 0.252 e. The van der Waals surface area contributed by atoms with Crippen LogP contribution >= 0.6 is 11.3 Å². The third kappa shape index (κ3) is 2.83. The molecular weight excluding hydrogens is 332 g/mol. The lowest BCUT2D eigenvalue weighted by atomic mass is 10.2. The molecule has 124 valence electrons. The Morgan fingerprint density at radius 2 is 2.13 bits per heavy atom. The van der Waals surface area contributed by atoms with Crippen molar-refractivity contribution in [3.63, 3.8) is 0 Å². The van der Waals surface area contributed by atoms with Crippen LogP contribution in [0.5, 0.6) is 0 Å². The predicted molar refractivity (Wildman–Crippen MR) is 88.1 cm³/mol. The molecule has 0 spiro atoms. The van der Waals surface area contributed by atoms with Crippen molar-refractivity contribution in [3.8, 4) is 0 Å². The molecule has 23 heavy (non-hydrogen) atoms. The number of thiophene rings is 1. The van der Waals surface area contributed by atoms with Crippen LogP contribution in [0.1, 0.15) is 48.7 Å². The van der Waals surface area contributed by atoms with Gasteiger partial charge in [0.1, 0.15) is 4.21 Å². The molecule has 1 unspecified atom stereocenters. The van der Waals surface area contributed by atoms with Gasteiger partial charge < -0.3 is 0 Å². The van der Waals surface area contributed by atoms with E-state index in [-0.39, 0.29) is 6.04 Å². The Morgan fingerprint density at radius 3 is 2.83 bits per heavy atom. The summed E-state index contributed by atoms with van der Waals surface area (Å²) < 4.78 is 29.4. The summed E-state index contributed by atoms with van der Waals surface area (Å²) in [5.41, 5.74) is 1.05. The van der Waals surface area contributed by atoms with Crippen LogP contribution in [0.25, 0.3) is 0 Å². The van der Waals surface area contributed by atoms with Crippen molar-refractivity contribution in [2.24, 2.45) is 0 Å². The first kappa shape index (κ1) is 15.3.